The Labute approximate surface area is 385 Å². The molecule has 322 valence electrons. The van der Waals surface area contributed by atoms with Crippen LogP contribution in [0.1, 0.15) is 72.9 Å². The Morgan fingerprint density at radius 1 is 0.333 bits per heavy atom. The maximum atomic E-state index is 6.95. The predicted octanol–water partition coefficient (Wildman–Crippen LogP) is 18.8. The molecule has 0 saturated heterocycles. The number of anilines is 6. The second kappa shape index (κ2) is 15.0. The SMILES string of the molecule is Cc1cccc(N(c2cc(C(C)C)c3ccc4c(N(c5cccc(C)c5)c5cccc6c5oc5c(C)cccc56)cc(C(C)C)c5ccc2c3c54)c2cccc3c2oc2c(C)cccc23)c1. The van der Waals surface area contributed by atoms with Crippen LogP contribution >= 0.6 is 0 Å². The van der Waals surface area contributed by atoms with Crippen molar-refractivity contribution in [3.8, 4) is 0 Å². The summed E-state index contributed by atoms with van der Waals surface area (Å²) in [6, 6.07) is 58.3. The zero-order chi connectivity index (χ0) is 45.1. The third kappa shape index (κ3) is 5.97. The average Bonchev–Trinajstić information content (AvgIpc) is 3.90. The smallest absolute Gasteiger partial charge is 0.159 e. The molecule has 0 aliphatic carbocycles. The van der Waals surface area contributed by atoms with Crippen LogP contribution in [0, 0.1) is 27.7 Å². The molecule has 12 rings (SSSR count). The van der Waals surface area contributed by atoms with Crippen molar-refractivity contribution in [2.45, 2.75) is 67.2 Å². The van der Waals surface area contributed by atoms with Crippen molar-refractivity contribution in [3.63, 3.8) is 0 Å². The summed E-state index contributed by atoms with van der Waals surface area (Å²) in [6.07, 6.45) is 0. The summed E-state index contributed by atoms with van der Waals surface area (Å²) >= 11 is 0. The lowest BCUT2D eigenvalue weighted by atomic mass is 9.84. The monoisotopic (exact) mass is 856 g/mol. The van der Waals surface area contributed by atoms with Gasteiger partial charge in [-0.1, -0.05) is 137 Å². The number of para-hydroxylation sites is 4. The third-order valence-electron chi connectivity index (χ3n) is 14.0. The van der Waals surface area contributed by atoms with E-state index < -0.39 is 0 Å². The molecule has 0 atom stereocenters. The molecule has 4 heteroatoms. The summed E-state index contributed by atoms with van der Waals surface area (Å²) in [5, 5.41) is 12.0. The number of benzene rings is 10. The highest BCUT2D eigenvalue weighted by atomic mass is 16.3. The fourth-order valence-electron chi connectivity index (χ4n) is 10.9. The molecule has 0 bridgehead atoms. The van der Waals surface area contributed by atoms with Crippen LogP contribution < -0.4 is 9.80 Å². The van der Waals surface area contributed by atoms with Crippen molar-refractivity contribution in [2.75, 3.05) is 9.80 Å². The summed E-state index contributed by atoms with van der Waals surface area (Å²) in [5.41, 5.74) is 17.4. The van der Waals surface area contributed by atoms with E-state index in [-0.39, 0.29) is 11.8 Å². The van der Waals surface area contributed by atoms with E-state index in [9.17, 15) is 0 Å². The fourth-order valence-corrected chi connectivity index (χ4v) is 10.9. The molecule has 0 radical (unpaired) electrons. The lowest BCUT2D eigenvalue weighted by Crippen LogP contribution is -2.13. The number of hydrogen-bond donors (Lipinski definition) is 0. The molecule has 0 unspecified atom stereocenters. The first-order valence-corrected chi connectivity index (χ1v) is 23.4. The van der Waals surface area contributed by atoms with Gasteiger partial charge in [-0.2, -0.15) is 0 Å². The van der Waals surface area contributed by atoms with Gasteiger partial charge in [-0.25, -0.2) is 0 Å². The van der Waals surface area contributed by atoms with E-state index in [0.29, 0.717) is 0 Å². The van der Waals surface area contributed by atoms with Gasteiger partial charge in [0, 0.05) is 43.7 Å². The molecule has 0 saturated carbocycles. The lowest BCUT2D eigenvalue weighted by molar-refractivity contribution is 0.665. The van der Waals surface area contributed by atoms with E-state index >= 15 is 0 Å². The molecule has 4 nitrogen and oxygen atoms in total. The van der Waals surface area contributed by atoms with Crippen molar-refractivity contribution < 1.29 is 8.83 Å². The number of fused-ring (bicyclic) bond motifs is 6. The Bertz CT molecular complexity index is 3650. The minimum atomic E-state index is 0.249. The first-order chi connectivity index (χ1) is 32.0. The normalized spacial score (nSPS) is 12.2. The van der Waals surface area contributed by atoms with Gasteiger partial charge in [0.05, 0.1) is 22.7 Å². The number of hydrogen-bond acceptors (Lipinski definition) is 4. The molecule has 0 aliphatic heterocycles. The van der Waals surface area contributed by atoms with Crippen molar-refractivity contribution in [1.29, 1.82) is 0 Å². The fraction of sp³-hybridized carbons (Fsp3) is 0.161. The highest BCUT2D eigenvalue weighted by molar-refractivity contribution is 6.30. The molecular weight excluding hydrogens is 805 g/mol. The zero-order valence-corrected chi connectivity index (χ0v) is 38.9. The van der Waals surface area contributed by atoms with Crippen LogP contribution in [0.3, 0.4) is 0 Å². The standard InChI is InChI=1S/C62H52N2O2/c1-35(2)51-33-55(63(41-19-9-15-37(5)31-41)53-25-13-23-47-45-21-11-17-39(7)59(45)65-61(47)53)49-30-28-44-52(36(3)4)34-56(50-29-27-43(51)57(49)58(44)50)64(42-20-10-16-38(6)32-42)54-26-14-24-48-46-22-12-18-40(8)60(46)66-62(48)54/h9-36H,1-8H3. The minimum absolute atomic E-state index is 0.249. The van der Waals surface area contributed by atoms with Gasteiger partial charge in [-0.15, -0.1) is 0 Å². The summed E-state index contributed by atoms with van der Waals surface area (Å²) in [4.78, 5) is 4.91. The maximum Gasteiger partial charge on any atom is 0.159 e. The van der Waals surface area contributed by atoms with Gasteiger partial charge in [-0.3, -0.25) is 0 Å². The Kier molecular flexibility index (Phi) is 9.09. The molecule has 0 spiro atoms. The largest absolute Gasteiger partial charge is 0.454 e. The van der Waals surface area contributed by atoms with Crippen LogP contribution in [0.15, 0.2) is 167 Å². The van der Waals surface area contributed by atoms with E-state index in [0.717, 1.165) is 89.1 Å². The quantitative estimate of drug-likeness (QED) is 0.143. The summed E-state index contributed by atoms with van der Waals surface area (Å²) < 4.78 is 13.9. The number of furan rings is 2. The summed E-state index contributed by atoms with van der Waals surface area (Å²) in [5.74, 6) is 0.499. The molecule has 0 amide bonds. The molecule has 2 heterocycles. The number of rotatable bonds is 8. The first-order valence-electron chi connectivity index (χ1n) is 23.4. The molecule has 12 aromatic rings. The topological polar surface area (TPSA) is 32.8 Å². The van der Waals surface area contributed by atoms with Gasteiger partial charge in [0.2, 0.25) is 0 Å². The van der Waals surface area contributed by atoms with Crippen molar-refractivity contribution >= 4 is 110 Å². The van der Waals surface area contributed by atoms with Crippen LogP contribution in [0.5, 0.6) is 0 Å². The Hall–Kier alpha value is -7.56. The highest BCUT2D eigenvalue weighted by Crippen LogP contribution is 2.53. The molecule has 66 heavy (non-hydrogen) atoms. The van der Waals surface area contributed by atoms with Crippen LogP contribution in [0.2, 0.25) is 0 Å². The molecular formula is C62H52N2O2. The minimum Gasteiger partial charge on any atom is -0.454 e. The molecule has 2 aromatic heterocycles. The van der Waals surface area contributed by atoms with Gasteiger partial charge in [0.25, 0.3) is 0 Å². The first kappa shape index (κ1) is 40.0. The van der Waals surface area contributed by atoms with Crippen LogP contribution in [-0.4, -0.2) is 0 Å². The van der Waals surface area contributed by atoms with Gasteiger partial charge < -0.3 is 18.6 Å². The van der Waals surface area contributed by atoms with Crippen LogP contribution in [0.25, 0.3) is 76.2 Å². The number of aryl methyl sites for hydroxylation is 4. The van der Waals surface area contributed by atoms with Crippen LogP contribution in [0.4, 0.5) is 34.1 Å². The van der Waals surface area contributed by atoms with E-state index in [2.05, 4.69) is 223 Å². The molecule has 0 N–H and O–H groups in total. The third-order valence-corrected chi connectivity index (χ3v) is 14.0. The van der Waals surface area contributed by atoms with Crippen LogP contribution in [-0.2, 0) is 0 Å². The zero-order valence-electron chi connectivity index (χ0n) is 38.9. The molecule has 0 aliphatic rings. The van der Waals surface area contributed by atoms with Crippen molar-refractivity contribution in [1.82, 2.24) is 0 Å². The second-order valence-corrected chi connectivity index (χ2v) is 19.1. The second-order valence-electron chi connectivity index (χ2n) is 19.1. The lowest BCUT2D eigenvalue weighted by Gasteiger charge is -2.31. The van der Waals surface area contributed by atoms with Gasteiger partial charge in [0.15, 0.2) is 11.2 Å². The molecule has 0 fully saturated rings. The average molecular weight is 857 g/mol. The maximum absolute atomic E-state index is 6.95. The highest BCUT2D eigenvalue weighted by Gasteiger charge is 2.29. The van der Waals surface area contributed by atoms with Gasteiger partial charge >= 0.3 is 0 Å². The predicted molar refractivity (Wildman–Crippen MR) is 281 cm³/mol. The Morgan fingerprint density at radius 2 is 0.697 bits per heavy atom. The van der Waals surface area contributed by atoms with Gasteiger partial charge in [-0.05, 0) is 143 Å². The van der Waals surface area contributed by atoms with E-state index in [1.165, 1.54) is 54.6 Å². The summed E-state index contributed by atoms with van der Waals surface area (Å²) in [6.45, 7) is 17.9. The summed E-state index contributed by atoms with van der Waals surface area (Å²) in [7, 11) is 0. The van der Waals surface area contributed by atoms with E-state index in [1.807, 2.05) is 0 Å². The van der Waals surface area contributed by atoms with Crippen molar-refractivity contribution in [3.05, 3.63) is 191 Å². The van der Waals surface area contributed by atoms with Crippen molar-refractivity contribution in [2.24, 2.45) is 0 Å². The van der Waals surface area contributed by atoms with E-state index in [1.54, 1.807) is 0 Å². The Morgan fingerprint density at radius 3 is 1.09 bits per heavy atom. The van der Waals surface area contributed by atoms with Gasteiger partial charge in [0.1, 0.15) is 11.2 Å². The number of nitrogens with zero attached hydrogens (tertiary/aromatic N) is 2. The molecule has 10 aromatic carbocycles. The Balaban J connectivity index is 1.21. The van der Waals surface area contributed by atoms with E-state index in [4.69, 9.17) is 8.83 Å².